The maximum atomic E-state index is 11.8. The number of hydrogen-bond acceptors (Lipinski definition) is 5. The third kappa shape index (κ3) is 4.73. The molecule has 23 heavy (non-hydrogen) atoms. The van der Waals surface area contributed by atoms with E-state index in [1.165, 1.54) is 30.6 Å². The van der Waals surface area contributed by atoms with Crippen molar-refractivity contribution in [3.63, 3.8) is 0 Å². The van der Waals surface area contributed by atoms with Crippen molar-refractivity contribution in [1.29, 1.82) is 0 Å². The van der Waals surface area contributed by atoms with Crippen molar-refractivity contribution >= 4 is 34.5 Å². The average molecular weight is 332 g/mol. The number of thioether (sulfide) groups is 1. The van der Waals surface area contributed by atoms with Crippen LogP contribution >= 0.6 is 11.8 Å². The van der Waals surface area contributed by atoms with Crippen molar-refractivity contribution in [1.82, 2.24) is 0 Å². The Kier molecular flexibility index (Phi) is 6.47. The number of carbonyl (C=O) groups excluding carboxylic acids is 2. The fourth-order valence-corrected chi connectivity index (χ4v) is 3.52. The van der Waals surface area contributed by atoms with Crippen LogP contribution in [0.15, 0.2) is 42.5 Å². The molecule has 0 N–H and O–H groups in total. The highest BCUT2D eigenvalue weighted by Gasteiger charge is 2.23. The second kappa shape index (κ2) is 8.58. The summed E-state index contributed by atoms with van der Waals surface area (Å²) in [5.41, 5.74) is 1.22. The number of fused-ring (bicyclic) bond motifs is 1. The van der Waals surface area contributed by atoms with Gasteiger partial charge in [-0.15, -0.1) is 0 Å². The van der Waals surface area contributed by atoms with Crippen molar-refractivity contribution < 1.29 is 19.1 Å². The zero-order chi connectivity index (χ0) is 16.7. The summed E-state index contributed by atoms with van der Waals surface area (Å²) in [6, 6.07) is 14.4. The quantitative estimate of drug-likeness (QED) is 0.727. The van der Waals surface area contributed by atoms with Gasteiger partial charge in [0.15, 0.2) is 0 Å². The van der Waals surface area contributed by atoms with Gasteiger partial charge in [0.25, 0.3) is 0 Å². The Morgan fingerprint density at radius 2 is 1.78 bits per heavy atom. The monoisotopic (exact) mass is 332 g/mol. The first-order valence-corrected chi connectivity index (χ1v) is 8.50. The van der Waals surface area contributed by atoms with E-state index in [0.717, 1.165) is 5.75 Å². The summed E-state index contributed by atoms with van der Waals surface area (Å²) in [7, 11) is 2.65. The number of esters is 2. The van der Waals surface area contributed by atoms with Crippen LogP contribution in [-0.2, 0) is 24.8 Å². The van der Waals surface area contributed by atoms with Gasteiger partial charge in [0.1, 0.15) is 0 Å². The van der Waals surface area contributed by atoms with Crippen LogP contribution in [0.25, 0.3) is 10.8 Å². The van der Waals surface area contributed by atoms with Gasteiger partial charge in [-0.25, -0.2) is 0 Å². The Balaban J connectivity index is 2.00. The molecule has 2 aromatic carbocycles. The predicted molar refractivity (Wildman–Crippen MR) is 92.2 cm³/mol. The normalized spacial score (nSPS) is 11.9. The molecule has 0 heterocycles. The lowest BCUT2D eigenvalue weighted by atomic mass is 10.1. The lowest BCUT2D eigenvalue weighted by Gasteiger charge is -2.13. The maximum absolute atomic E-state index is 11.8. The smallest absolute Gasteiger partial charge is 0.310 e. The van der Waals surface area contributed by atoms with Gasteiger partial charge in [-0.3, -0.25) is 9.59 Å². The summed E-state index contributed by atoms with van der Waals surface area (Å²) < 4.78 is 9.41. The topological polar surface area (TPSA) is 52.6 Å². The molecule has 0 aliphatic carbocycles. The minimum atomic E-state index is -0.479. The number of benzene rings is 2. The zero-order valence-electron chi connectivity index (χ0n) is 13.3. The Morgan fingerprint density at radius 1 is 1.04 bits per heavy atom. The molecule has 4 nitrogen and oxygen atoms in total. The van der Waals surface area contributed by atoms with Crippen LogP contribution in [0.5, 0.6) is 0 Å². The molecule has 0 aromatic heterocycles. The van der Waals surface area contributed by atoms with E-state index < -0.39 is 11.9 Å². The third-order valence-electron chi connectivity index (χ3n) is 3.63. The van der Waals surface area contributed by atoms with Gasteiger partial charge in [0.05, 0.1) is 26.6 Å². The molecule has 0 spiro atoms. The van der Waals surface area contributed by atoms with Crippen LogP contribution in [0, 0.1) is 5.92 Å². The van der Waals surface area contributed by atoms with Gasteiger partial charge in [0, 0.05) is 11.5 Å². The summed E-state index contributed by atoms with van der Waals surface area (Å²) in [5.74, 6) is 0.0421. The molecule has 5 heteroatoms. The highest BCUT2D eigenvalue weighted by atomic mass is 32.2. The van der Waals surface area contributed by atoms with Crippen LogP contribution in [0.1, 0.15) is 12.0 Å². The second-order valence-corrected chi connectivity index (χ2v) is 6.18. The standard InChI is InChI=1S/C18H20O4S/c1-21-17(19)10-15(18(20)22-2)12-23-11-14-8-5-7-13-6-3-4-9-16(13)14/h3-9,15H,10-12H2,1-2H3. The maximum Gasteiger partial charge on any atom is 0.310 e. The Hall–Kier alpha value is -2.01. The first kappa shape index (κ1) is 17.3. The molecule has 122 valence electrons. The van der Waals surface area contributed by atoms with Crippen molar-refractivity contribution in [2.45, 2.75) is 12.2 Å². The van der Waals surface area contributed by atoms with Crippen molar-refractivity contribution in [3.05, 3.63) is 48.0 Å². The van der Waals surface area contributed by atoms with Crippen molar-refractivity contribution in [3.8, 4) is 0 Å². The number of methoxy groups -OCH3 is 2. The number of ether oxygens (including phenoxy) is 2. The van der Waals surface area contributed by atoms with Gasteiger partial charge in [0.2, 0.25) is 0 Å². The molecule has 0 fully saturated rings. The molecule has 1 atom stereocenters. The lowest BCUT2D eigenvalue weighted by Crippen LogP contribution is -2.22. The molecule has 0 radical (unpaired) electrons. The van der Waals surface area contributed by atoms with E-state index in [-0.39, 0.29) is 12.4 Å². The van der Waals surface area contributed by atoms with Crippen LogP contribution in [0.3, 0.4) is 0 Å². The van der Waals surface area contributed by atoms with E-state index in [9.17, 15) is 9.59 Å². The largest absolute Gasteiger partial charge is 0.469 e. The zero-order valence-corrected chi connectivity index (χ0v) is 14.1. The summed E-state index contributed by atoms with van der Waals surface area (Å²) in [6.45, 7) is 0. The third-order valence-corrected chi connectivity index (χ3v) is 4.78. The van der Waals surface area contributed by atoms with Crippen LogP contribution < -0.4 is 0 Å². The predicted octanol–water partition coefficient (Wildman–Crippen LogP) is 3.43. The molecule has 0 aliphatic heterocycles. The van der Waals surface area contributed by atoms with Crippen LogP contribution in [-0.4, -0.2) is 31.9 Å². The first-order valence-electron chi connectivity index (χ1n) is 7.34. The fourth-order valence-electron chi connectivity index (χ4n) is 2.39. The SMILES string of the molecule is COC(=O)CC(CSCc1cccc2ccccc12)C(=O)OC. The Labute approximate surface area is 140 Å². The molecule has 0 saturated heterocycles. The minimum absolute atomic E-state index is 0.0473. The molecular weight excluding hydrogens is 312 g/mol. The highest BCUT2D eigenvalue weighted by Crippen LogP contribution is 2.24. The molecule has 1 unspecified atom stereocenters. The lowest BCUT2D eigenvalue weighted by molar-refractivity contribution is -0.151. The highest BCUT2D eigenvalue weighted by molar-refractivity contribution is 7.98. The molecule has 0 saturated carbocycles. The Morgan fingerprint density at radius 3 is 2.52 bits per heavy atom. The van der Waals surface area contributed by atoms with Gasteiger partial charge in [-0.2, -0.15) is 11.8 Å². The van der Waals surface area contributed by atoms with E-state index >= 15 is 0 Å². The van der Waals surface area contributed by atoms with E-state index in [0.29, 0.717) is 5.75 Å². The first-order chi connectivity index (χ1) is 11.2. The molecule has 0 bridgehead atoms. The van der Waals surface area contributed by atoms with E-state index in [4.69, 9.17) is 4.74 Å². The van der Waals surface area contributed by atoms with Crippen molar-refractivity contribution in [2.24, 2.45) is 5.92 Å². The fraction of sp³-hybridized carbons (Fsp3) is 0.333. The molecule has 2 rings (SSSR count). The van der Waals surface area contributed by atoms with Gasteiger partial charge < -0.3 is 9.47 Å². The van der Waals surface area contributed by atoms with E-state index in [1.807, 2.05) is 18.2 Å². The summed E-state index contributed by atoms with van der Waals surface area (Å²) in [5, 5.41) is 2.41. The van der Waals surface area contributed by atoms with Crippen LogP contribution in [0.4, 0.5) is 0 Å². The molecule has 2 aromatic rings. The average Bonchev–Trinajstić information content (AvgIpc) is 2.60. The number of carbonyl (C=O) groups is 2. The molecular formula is C18H20O4S. The summed E-state index contributed by atoms with van der Waals surface area (Å²) in [4.78, 5) is 23.2. The molecule has 0 amide bonds. The number of rotatable bonds is 7. The second-order valence-electron chi connectivity index (χ2n) is 5.15. The van der Waals surface area contributed by atoms with E-state index in [2.05, 4.69) is 29.0 Å². The summed E-state index contributed by atoms with van der Waals surface area (Å²) in [6.07, 6.45) is 0.0473. The van der Waals surface area contributed by atoms with Gasteiger partial charge in [-0.1, -0.05) is 42.5 Å². The van der Waals surface area contributed by atoms with Crippen molar-refractivity contribution in [2.75, 3.05) is 20.0 Å². The summed E-state index contributed by atoms with van der Waals surface area (Å²) >= 11 is 1.62. The Bertz CT molecular complexity index is 678. The van der Waals surface area contributed by atoms with Crippen LogP contribution in [0.2, 0.25) is 0 Å². The van der Waals surface area contributed by atoms with Gasteiger partial charge in [-0.05, 0) is 16.3 Å². The van der Waals surface area contributed by atoms with E-state index in [1.54, 1.807) is 11.8 Å². The molecule has 0 aliphatic rings. The number of hydrogen-bond donors (Lipinski definition) is 0. The minimum Gasteiger partial charge on any atom is -0.469 e. The van der Waals surface area contributed by atoms with Gasteiger partial charge >= 0.3 is 11.9 Å².